The zero-order valence-corrected chi connectivity index (χ0v) is 9.47. The summed E-state index contributed by atoms with van der Waals surface area (Å²) in [6.07, 6.45) is 3.44. The van der Waals surface area contributed by atoms with Crippen molar-refractivity contribution in [2.45, 2.75) is 19.9 Å². The second-order valence-corrected chi connectivity index (χ2v) is 3.53. The van der Waals surface area contributed by atoms with E-state index in [9.17, 15) is 0 Å². The van der Waals surface area contributed by atoms with Gasteiger partial charge < -0.3 is 9.73 Å². The van der Waals surface area contributed by atoms with Crippen molar-refractivity contribution >= 4 is 0 Å². The van der Waals surface area contributed by atoms with Crippen LogP contribution in [0.5, 0.6) is 0 Å². The highest BCUT2D eigenvalue weighted by atomic mass is 16.3. The average Bonchev–Trinajstić information content (AvgIpc) is 2.79. The predicted molar refractivity (Wildman–Crippen MR) is 61.0 cm³/mol. The molecule has 0 fully saturated rings. The molecule has 0 radical (unpaired) electrons. The summed E-state index contributed by atoms with van der Waals surface area (Å²) in [6.45, 7) is 4.80. The van der Waals surface area contributed by atoms with Gasteiger partial charge in [0.2, 0.25) is 0 Å². The maximum absolute atomic E-state index is 5.42. The zero-order valence-electron chi connectivity index (χ0n) is 9.47. The molecule has 84 valence electrons. The van der Waals surface area contributed by atoms with E-state index >= 15 is 0 Å². The summed E-state index contributed by atoms with van der Waals surface area (Å²) < 4.78 is 5.42. The molecule has 0 amide bonds. The van der Waals surface area contributed by atoms with Crippen molar-refractivity contribution in [3.63, 3.8) is 0 Å². The van der Waals surface area contributed by atoms with Gasteiger partial charge in [0.25, 0.3) is 0 Å². The molecule has 1 N–H and O–H groups in total. The van der Waals surface area contributed by atoms with E-state index in [1.165, 1.54) is 0 Å². The lowest BCUT2D eigenvalue weighted by Gasteiger charge is -2.14. The fraction of sp³-hybridized carbons (Fsp3) is 0.333. The molecule has 16 heavy (non-hydrogen) atoms. The number of aryl methyl sites for hydroxylation is 1. The van der Waals surface area contributed by atoms with E-state index in [0.29, 0.717) is 0 Å². The van der Waals surface area contributed by atoms with Gasteiger partial charge in [-0.1, -0.05) is 6.92 Å². The van der Waals surface area contributed by atoms with Crippen molar-refractivity contribution in [3.05, 3.63) is 47.9 Å². The molecule has 0 aliphatic heterocycles. The van der Waals surface area contributed by atoms with Crippen molar-refractivity contribution in [2.75, 3.05) is 6.54 Å². The number of rotatable bonds is 4. The number of furan rings is 1. The van der Waals surface area contributed by atoms with Crippen LogP contribution >= 0.6 is 0 Å². The summed E-state index contributed by atoms with van der Waals surface area (Å²) in [6, 6.07) is 5.74. The molecule has 2 heterocycles. The predicted octanol–water partition coefficient (Wildman–Crippen LogP) is 2.08. The van der Waals surface area contributed by atoms with Crippen LogP contribution < -0.4 is 5.32 Å². The van der Waals surface area contributed by atoms with Gasteiger partial charge in [0.05, 0.1) is 12.0 Å². The fourth-order valence-electron chi connectivity index (χ4n) is 1.65. The maximum atomic E-state index is 5.42. The van der Waals surface area contributed by atoms with Crippen molar-refractivity contribution in [1.82, 2.24) is 15.3 Å². The number of nitrogens with one attached hydrogen (secondary N) is 1. The first kappa shape index (κ1) is 10.8. The van der Waals surface area contributed by atoms with Crippen LogP contribution in [0.15, 0.2) is 35.1 Å². The van der Waals surface area contributed by atoms with Crippen LogP contribution in [-0.2, 0) is 0 Å². The third-order valence-corrected chi connectivity index (χ3v) is 2.33. The maximum Gasteiger partial charge on any atom is 0.126 e. The first-order valence-electron chi connectivity index (χ1n) is 5.37. The summed E-state index contributed by atoms with van der Waals surface area (Å²) in [7, 11) is 0. The van der Waals surface area contributed by atoms with Crippen LogP contribution in [0.1, 0.15) is 30.2 Å². The zero-order chi connectivity index (χ0) is 11.4. The van der Waals surface area contributed by atoms with Gasteiger partial charge in [-0.2, -0.15) is 0 Å². The molecular weight excluding hydrogens is 202 g/mol. The molecule has 2 aromatic rings. The van der Waals surface area contributed by atoms with E-state index < -0.39 is 0 Å². The Bertz CT molecular complexity index is 439. The summed E-state index contributed by atoms with van der Waals surface area (Å²) in [5.74, 6) is 1.65. The van der Waals surface area contributed by atoms with Crippen LogP contribution in [0.25, 0.3) is 0 Å². The number of hydrogen-bond acceptors (Lipinski definition) is 4. The van der Waals surface area contributed by atoms with E-state index in [1.807, 2.05) is 25.1 Å². The summed E-state index contributed by atoms with van der Waals surface area (Å²) in [5, 5.41) is 3.34. The topological polar surface area (TPSA) is 51.0 Å². The standard InChI is InChI=1S/C12H15N3O/c1-3-13-12(11-5-4-8-16-11)10-6-7-14-9(2)15-10/h4-8,12-13H,3H2,1-2H3. The second-order valence-electron chi connectivity index (χ2n) is 3.53. The molecule has 0 spiro atoms. The Morgan fingerprint density at radius 3 is 2.94 bits per heavy atom. The molecule has 0 aliphatic rings. The van der Waals surface area contributed by atoms with Gasteiger partial charge in [0.1, 0.15) is 17.6 Å². The SMILES string of the molecule is CCNC(c1ccnc(C)n1)c1ccco1. The quantitative estimate of drug-likeness (QED) is 0.851. The van der Waals surface area contributed by atoms with Gasteiger partial charge >= 0.3 is 0 Å². The van der Waals surface area contributed by atoms with Gasteiger partial charge in [-0.05, 0) is 31.7 Å². The first-order chi connectivity index (χ1) is 7.81. The molecule has 0 bridgehead atoms. The molecule has 4 heteroatoms. The highest BCUT2D eigenvalue weighted by Gasteiger charge is 2.16. The van der Waals surface area contributed by atoms with E-state index in [4.69, 9.17) is 4.42 Å². The van der Waals surface area contributed by atoms with Crippen LogP contribution in [-0.4, -0.2) is 16.5 Å². The minimum absolute atomic E-state index is 0.00157. The molecule has 0 saturated heterocycles. The fourth-order valence-corrected chi connectivity index (χ4v) is 1.65. The Morgan fingerprint density at radius 2 is 2.31 bits per heavy atom. The molecule has 0 aromatic carbocycles. The average molecular weight is 217 g/mol. The highest BCUT2D eigenvalue weighted by molar-refractivity contribution is 5.19. The Balaban J connectivity index is 2.33. The van der Waals surface area contributed by atoms with Gasteiger partial charge in [0, 0.05) is 6.20 Å². The first-order valence-corrected chi connectivity index (χ1v) is 5.37. The molecule has 0 aliphatic carbocycles. The minimum Gasteiger partial charge on any atom is -0.467 e. The smallest absolute Gasteiger partial charge is 0.126 e. The van der Waals surface area contributed by atoms with E-state index in [0.717, 1.165) is 23.8 Å². The summed E-state index contributed by atoms with van der Waals surface area (Å²) >= 11 is 0. The molecule has 2 rings (SSSR count). The Kier molecular flexibility index (Phi) is 3.31. The van der Waals surface area contributed by atoms with E-state index in [1.54, 1.807) is 12.5 Å². The highest BCUT2D eigenvalue weighted by Crippen LogP contribution is 2.20. The van der Waals surface area contributed by atoms with Gasteiger partial charge in [-0.15, -0.1) is 0 Å². The molecular formula is C12H15N3O. The van der Waals surface area contributed by atoms with E-state index in [-0.39, 0.29) is 6.04 Å². The molecule has 0 saturated carbocycles. The van der Waals surface area contributed by atoms with E-state index in [2.05, 4.69) is 22.2 Å². The van der Waals surface area contributed by atoms with Gasteiger partial charge in [0.15, 0.2) is 0 Å². The number of aromatic nitrogens is 2. The second kappa shape index (κ2) is 4.90. The van der Waals surface area contributed by atoms with Gasteiger partial charge in [-0.3, -0.25) is 0 Å². The van der Waals surface area contributed by atoms with Crippen LogP contribution in [0.3, 0.4) is 0 Å². The minimum atomic E-state index is 0.00157. The Morgan fingerprint density at radius 1 is 1.44 bits per heavy atom. The lowest BCUT2D eigenvalue weighted by atomic mass is 10.1. The Labute approximate surface area is 94.7 Å². The number of nitrogens with zero attached hydrogens (tertiary/aromatic N) is 2. The molecule has 4 nitrogen and oxygen atoms in total. The van der Waals surface area contributed by atoms with Crippen LogP contribution in [0.2, 0.25) is 0 Å². The van der Waals surface area contributed by atoms with Crippen molar-refractivity contribution in [3.8, 4) is 0 Å². The lowest BCUT2D eigenvalue weighted by molar-refractivity contribution is 0.446. The van der Waals surface area contributed by atoms with Crippen molar-refractivity contribution < 1.29 is 4.42 Å². The van der Waals surface area contributed by atoms with Crippen molar-refractivity contribution in [1.29, 1.82) is 0 Å². The largest absolute Gasteiger partial charge is 0.467 e. The summed E-state index contributed by atoms with van der Waals surface area (Å²) in [5.41, 5.74) is 0.935. The third-order valence-electron chi connectivity index (χ3n) is 2.33. The molecule has 2 aromatic heterocycles. The van der Waals surface area contributed by atoms with Crippen LogP contribution in [0, 0.1) is 6.92 Å². The monoisotopic (exact) mass is 217 g/mol. The normalized spacial score (nSPS) is 12.6. The Hall–Kier alpha value is -1.68. The van der Waals surface area contributed by atoms with Crippen molar-refractivity contribution in [2.24, 2.45) is 0 Å². The van der Waals surface area contributed by atoms with Crippen LogP contribution in [0.4, 0.5) is 0 Å². The summed E-state index contributed by atoms with van der Waals surface area (Å²) in [4.78, 5) is 8.51. The molecule has 1 unspecified atom stereocenters. The third kappa shape index (κ3) is 2.28. The molecule has 1 atom stereocenters. The van der Waals surface area contributed by atoms with Gasteiger partial charge in [-0.25, -0.2) is 9.97 Å². The lowest BCUT2D eigenvalue weighted by Crippen LogP contribution is -2.22. The number of hydrogen-bond donors (Lipinski definition) is 1.